The number of benzene rings is 1. The highest BCUT2D eigenvalue weighted by Gasteiger charge is 2.21. The maximum atomic E-state index is 11.9. The lowest BCUT2D eigenvalue weighted by atomic mass is 10.1. The summed E-state index contributed by atoms with van der Waals surface area (Å²) in [6, 6.07) is 7.93. The van der Waals surface area contributed by atoms with E-state index in [4.69, 9.17) is 4.74 Å². The Labute approximate surface area is 153 Å². The van der Waals surface area contributed by atoms with E-state index >= 15 is 0 Å². The summed E-state index contributed by atoms with van der Waals surface area (Å²) in [4.78, 5) is 14.3. The highest BCUT2D eigenvalue weighted by Crippen LogP contribution is 2.15. The van der Waals surface area contributed by atoms with E-state index in [0.717, 1.165) is 37.1 Å². The molecule has 2 rings (SSSR count). The minimum Gasteiger partial charge on any atom is -0.374 e. The number of hydrogen-bond acceptors (Lipinski definition) is 3. The third kappa shape index (κ3) is 6.79. The molecule has 0 spiro atoms. The first kappa shape index (κ1) is 19.2. The van der Waals surface area contributed by atoms with E-state index in [1.165, 1.54) is 5.56 Å². The predicted molar refractivity (Wildman–Crippen MR) is 100 cm³/mol. The number of carbonyl (C=O) groups excluding carboxylic acids is 1. The molecule has 1 unspecified atom stereocenters. The Morgan fingerprint density at radius 2 is 2.17 bits per heavy atom. The molecule has 0 aliphatic carbocycles. The molecular formula is C18H28BrN3O2. The maximum Gasteiger partial charge on any atom is 0.314 e. The van der Waals surface area contributed by atoms with Gasteiger partial charge in [0.05, 0.1) is 12.7 Å². The molecule has 2 amide bonds. The Hall–Kier alpha value is -1.11. The number of nitrogens with one attached hydrogen (secondary N) is 2. The SMILES string of the molecule is CC(C)CN1CCOC(CNC(=O)NCCc2ccccc2Br)C1. The van der Waals surface area contributed by atoms with Crippen molar-refractivity contribution in [2.24, 2.45) is 5.92 Å². The fraction of sp³-hybridized carbons (Fsp3) is 0.611. The normalized spacial score (nSPS) is 18.6. The molecule has 0 radical (unpaired) electrons. The molecule has 1 aliphatic heterocycles. The lowest BCUT2D eigenvalue weighted by Crippen LogP contribution is -2.49. The molecule has 0 aromatic heterocycles. The van der Waals surface area contributed by atoms with Crippen LogP contribution in [-0.2, 0) is 11.2 Å². The first-order valence-corrected chi connectivity index (χ1v) is 9.43. The first-order valence-electron chi connectivity index (χ1n) is 8.63. The average Bonchev–Trinajstić information content (AvgIpc) is 2.54. The van der Waals surface area contributed by atoms with Gasteiger partial charge in [0.1, 0.15) is 0 Å². The Balaban J connectivity index is 1.63. The van der Waals surface area contributed by atoms with Gasteiger partial charge in [-0.3, -0.25) is 4.90 Å². The second-order valence-electron chi connectivity index (χ2n) is 6.62. The monoisotopic (exact) mass is 397 g/mol. The summed E-state index contributed by atoms with van der Waals surface area (Å²) < 4.78 is 6.82. The maximum absolute atomic E-state index is 11.9. The Morgan fingerprint density at radius 1 is 1.38 bits per heavy atom. The van der Waals surface area contributed by atoms with Crippen LogP contribution in [0.4, 0.5) is 4.79 Å². The molecule has 0 saturated carbocycles. The predicted octanol–water partition coefficient (Wildman–Crippen LogP) is 2.65. The number of carbonyl (C=O) groups is 1. The van der Waals surface area contributed by atoms with Crippen molar-refractivity contribution in [1.82, 2.24) is 15.5 Å². The van der Waals surface area contributed by atoms with Crippen LogP contribution in [-0.4, -0.2) is 56.4 Å². The first-order chi connectivity index (χ1) is 11.5. The fourth-order valence-corrected chi connectivity index (χ4v) is 3.35. The van der Waals surface area contributed by atoms with E-state index in [9.17, 15) is 4.79 Å². The van der Waals surface area contributed by atoms with E-state index in [2.05, 4.69) is 51.4 Å². The summed E-state index contributed by atoms with van der Waals surface area (Å²) in [6.07, 6.45) is 0.878. The Bertz CT molecular complexity index is 525. The van der Waals surface area contributed by atoms with Gasteiger partial charge in [0.2, 0.25) is 0 Å². The third-order valence-corrected chi connectivity index (χ3v) is 4.75. The van der Waals surface area contributed by atoms with Gasteiger partial charge in [-0.1, -0.05) is 48.0 Å². The molecular weight excluding hydrogens is 370 g/mol. The molecule has 1 aliphatic rings. The lowest BCUT2D eigenvalue weighted by Gasteiger charge is -2.33. The van der Waals surface area contributed by atoms with Gasteiger partial charge >= 0.3 is 6.03 Å². The van der Waals surface area contributed by atoms with E-state index < -0.39 is 0 Å². The summed E-state index contributed by atoms with van der Waals surface area (Å²) in [5.41, 5.74) is 1.19. The van der Waals surface area contributed by atoms with Crippen LogP contribution < -0.4 is 10.6 Å². The van der Waals surface area contributed by atoms with Crippen molar-refractivity contribution in [2.75, 3.05) is 39.3 Å². The molecule has 1 aromatic carbocycles. The standard InChI is InChI=1S/C18H28BrN3O2/c1-14(2)12-22-9-10-24-16(13-22)11-21-18(23)20-8-7-15-5-3-4-6-17(15)19/h3-6,14,16H,7-13H2,1-2H3,(H2,20,21,23). The molecule has 2 N–H and O–H groups in total. The molecule has 6 heteroatoms. The number of urea groups is 1. The molecule has 24 heavy (non-hydrogen) atoms. The molecule has 5 nitrogen and oxygen atoms in total. The summed E-state index contributed by atoms with van der Waals surface area (Å²) in [5, 5.41) is 5.82. The summed E-state index contributed by atoms with van der Waals surface area (Å²) in [7, 11) is 0. The van der Waals surface area contributed by atoms with Crippen LogP contribution in [0.25, 0.3) is 0 Å². The van der Waals surface area contributed by atoms with Gasteiger partial charge in [0.15, 0.2) is 0 Å². The van der Waals surface area contributed by atoms with Crippen LogP contribution >= 0.6 is 15.9 Å². The van der Waals surface area contributed by atoms with Crippen LogP contribution in [0.1, 0.15) is 19.4 Å². The van der Waals surface area contributed by atoms with Gasteiger partial charge in [0, 0.05) is 37.2 Å². The van der Waals surface area contributed by atoms with Gasteiger partial charge < -0.3 is 15.4 Å². The van der Waals surface area contributed by atoms with Crippen molar-refractivity contribution in [3.8, 4) is 0 Å². The van der Waals surface area contributed by atoms with E-state index in [1.807, 2.05) is 18.2 Å². The smallest absolute Gasteiger partial charge is 0.314 e. The topological polar surface area (TPSA) is 53.6 Å². The van der Waals surface area contributed by atoms with Gasteiger partial charge in [0.25, 0.3) is 0 Å². The molecule has 1 atom stereocenters. The summed E-state index contributed by atoms with van der Waals surface area (Å²) >= 11 is 3.52. The van der Waals surface area contributed by atoms with Crippen molar-refractivity contribution < 1.29 is 9.53 Å². The Kier molecular flexibility index (Phi) is 8.02. The minimum atomic E-state index is -0.133. The van der Waals surface area contributed by atoms with Crippen LogP contribution in [0.2, 0.25) is 0 Å². The van der Waals surface area contributed by atoms with E-state index in [0.29, 0.717) is 19.0 Å². The summed E-state index contributed by atoms with van der Waals surface area (Å²) in [6.45, 7) is 9.29. The summed E-state index contributed by atoms with van der Waals surface area (Å²) in [5.74, 6) is 0.650. The van der Waals surface area contributed by atoms with Crippen LogP contribution in [0.5, 0.6) is 0 Å². The zero-order valence-corrected chi connectivity index (χ0v) is 16.1. The van der Waals surface area contributed by atoms with Gasteiger partial charge in [-0.05, 0) is 24.0 Å². The molecule has 0 bridgehead atoms. The van der Waals surface area contributed by atoms with Crippen LogP contribution in [0.15, 0.2) is 28.7 Å². The van der Waals surface area contributed by atoms with E-state index in [1.54, 1.807) is 0 Å². The van der Waals surface area contributed by atoms with Gasteiger partial charge in [-0.15, -0.1) is 0 Å². The molecule has 134 valence electrons. The quantitative estimate of drug-likeness (QED) is 0.743. The minimum absolute atomic E-state index is 0.0755. The highest BCUT2D eigenvalue weighted by atomic mass is 79.9. The fourth-order valence-electron chi connectivity index (χ4n) is 2.87. The highest BCUT2D eigenvalue weighted by molar-refractivity contribution is 9.10. The number of rotatable bonds is 7. The largest absolute Gasteiger partial charge is 0.374 e. The number of nitrogens with zero attached hydrogens (tertiary/aromatic N) is 1. The van der Waals surface area contributed by atoms with Crippen molar-refractivity contribution in [1.29, 1.82) is 0 Å². The second-order valence-corrected chi connectivity index (χ2v) is 7.48. The molecule has 1 heterocycles. The lowest BCUT2D eigenvalue weighted by molar-refractivity contribution is -0.0290. The number of hydrogen-bond donors (Lipinski definition) is 2. The number of halogens is 1. The number of amides is 2. The number of morpholine rings is 1. The molecule has 1 saturated heterocycles. The van der Waals surface area contributed by atoms with Crippen LogP contribution in [0, 0.1) is 5.92 Å². The number of ether oxygens (including phenoxy) is 1. The zero-order chi connectivity index (χ0) is 17.4. The van der Waals surface area contributed by atoms with Gasteiger partial charge in [-0.2, -0.15) is 0 Å². The third-order valence-electron chi connectivity index (χ3n) is 3.97. The molecule has 1 aromatic rings. The van der Waals surface area contributed by atoms with Crippen molar-refractivity contribution in [2.45, 2.75) is 26.4 Å². The molecule has 1 fully saturated rings. The van der Waals surface area contributed by atoms with Crippen molar-refractivity contribution >= 4 is 22.0 Å². The van der Waals surface area contributed by atoms with E-state index in [-0.39, 0.29) is 12.1 Å². The Morgan fingerprint density at radius 3 is 2.92 bits per heavy atom. The second kappa shape index (κ2) is 10.0. The average molecular weight is 398 g/mol. The van der Waals surface area contributed by atoms with Gasteiger partial charge in [-0.25, -0.2) is 4.79 Å². The van der Waals surface area contributed by atoms with Crippen molar-refractivity contribution in [3.63, 3.8) is 0 Å². The zero-order valence-electron chi connectivity index (χ0n) is 14.6. The van der Waals surface area contributed by atoms with Crippen molar-refractivity contribution in [3.05, 3.63) is 34.3 Å². The van der Waals surface area contributed by atoms with Crippen LogP contribution in [0.3, 0.4) is 0 Å².